The zero-order valence-electron chi connectivity index (χ0n) is 14.9. The summed E-state index contributed by atoms with van der Waals surface area (Å²) in [5.41, 5.74) is 3.06. The van der Waals surface area contributed by atoms with Crippen molar-refractivity contribution in [3.8, 4) is 21.1 Å². The van der Waals surface area contributed by atoms with Gasteiger partial charge in [-0.3, -0.25) is 4.79 Å². The Labute approximate surface area is 156 Å². The molecule has 3 aromatic rings. The van der Waals surface area contributed by atoms with Gasteiger partial charge in [-0.05, 0) is 24.6 Å². The van der Waals surface area contributed by atoms with Crippen molar-refractivity contribution in [1.29, 1.82) is 0 Å². The summed E-state index contributed by atoms with van der Waals surface area (Å²) in [5.74, 6) is 0.0675. The van der Waals surface area contributed by atoms with Gasteiger partial charge < -0.3 is 5.32 Å². The number of carbonyl (C=O) groups is 1. The Morgan fingerprint density at radius 3 is 2.64 bits per heavy atom. The van der Waals surface area contributed by atoms with E-state index in [1.54, 1.807) is 22.7 Å². The molecule has 0 fully saturated rings. The summed E-state index contributed by atoms with van der Waals surface area (Å²) in [6, 6.07) is 12.5. The van der Waals surface area contributed by atoms with E-state index in [1.165, 1.54) is 11.1 Å². The molecule has 1 amide bonds. The van der Waals surface area contributed by atoms with Crippen LogP contribution in [0.1, 0.15) is 31.2 Å². The first-order valence-electron chi connectivity index (χ1n) is 8.23. The average Bonchev–Trinajstić information content (AvgIpc) is 3.21. The van der Waals surface area contributed by atoms with Crippen LogP contribution in [0.25, 0.3) is 21.1 Å². The number of thiophene rings is 1. The third-order valence-electron chi connectivity index (χ3n) is 3.90. The van der Waals surface area contributed by atoms with Gasteiger partial charge in [0.05, 0.1) is 17.1 Å². The van der Waals surface area contributed by atoms with Gasteiger partial charge in [0.15, 0.2) is 0 Å². The van der Waals surface area contributed by atoms with E-state index in [4.69, 9.17) is 4.98 Å². The lowest BCUT2D eigenvalue weighted by Gasteiger charge is -2.17. The SMILES string of the molecule is Cc1ccccc1-c1nc(-c2ccc(CNC(=O)C(C)(C)C)s2)cs1. The van der Waals surface area contributed by atoms with Crippen molar-refractivity contribution >= 4 is 28.6 Å². The minimum atomic E-state index is -0.364. The Hall–Kier alpha value is -1.98. The van der Waals surface area contributed by atoms with Crippen LogP contribution < -0.4 is 5.32 Å². The van der Waals surface area contributed by atoms with Crippen molar-refractivity contribution in [2.24, 2.45) is 5.41 Å². The topological polar surface area (TPSA) is 42.0 Å². The molecule has 0 bridgehead atoms. The number of nitrogens with zero attached hydrogens (tertiary/aromatic N) is 1. The van der Waals surface area contributed by atoms with E-state index < -0.39 is 0 Å². The van der Waals surface area contributed by atoms with Crippen LogP contribution in [0.15, 0.2) is 41.8 Å². The number of thiazole rings is 1. The monoisotopic (exact) mass is 370 g/mol. The standard InChI is InChI=1S/C20H22N2OS2/c1-13-7-5-6-8-15(13)18-22-16(12-24-18)17-10-9-14(25-17)11-21-19(23)20(2,3)4/h5-10,12H,11H2,1-4H3,(H,21,23). The third-order valence-corrected chi connectivity index (χ3v) is 5.88. The largest absolute Gasteiger partial charge is 0.351 e. The molecule has 0 unspecified atom stereocenters. The van der Waals surface area contributed by atoms with Crippen molar-refractivity contribution in [1.82, 2.24) is 10.3 Å². The van der Waals surface area contributed by atoms with Crippen LogP contribution in [0.4, 0.5) is 0 Å². The summed E-state index contributed by atoms with van der Waals surface area (Å²) in [7, 11) is 0. The highest BCUT2D eigenvalue weighted by molar-refractivity contribution is 7.16. The number of aromatic nitrogens is 1. The van der Waals surface area contributed by atoms with Crippen molar-refractivity contribution in [3.63, 3.8) is 0 Å². The zero-order valence-corrected chi connectivity index (χ0v) is 16.6. The summed E-state index contributed by atoms with van der Waals surface area (Å²) in [5, 5.41) is 6.14. The predicted octanol–water partition coefficient (Wildman–Crippen LogP) is 5.51. The molecule has 130 valence electrons. The number of carbonyl (C=O) groups excluding carboxylic acids is 1. The van der Waals surface area contributed by atoms with E-state index >= 15 is 0 Å². The van der Waals surface area contributed by atoms with E-state index in [-0.39, 0.29) is 11.3 Å². The van der Waals surface area contributed by atoms with Crippen LogP contribution in [-0.4, -0.2) is 10.9 Å². The van der Waals surface area contributed by atoms with Crippen LogP contribution in [0.5, 0.6) is 0 Å². The zero-order chi connectivity index (χ0) is 18.0. The Balaban J connectivity index is 1.73. The second kappa shape index (κ2) is 7.10. The second-order valence-electron chi connectivity index (χ2n) is 7.05. The first kappa shape index (κ1) is 17.8. The van der Waals surface area contributed by atoms with Crippen molar-refractivity contribution in [2.45, 2.75) is 34.2 Å². The number of hydrogen-bond acceptors (Lipinski definition) is 4. The summed E-state index contributed by atoms with van der Waals surface area (Å²) in [6.45, 7) is 8.44. The average molecular weight is 371 g/mol. The highest BCUT2D eigenvalue weighted by Crippen LogP contribution is 2.33. The van der Waals surface area contributed by atoms with E-state index in [9.17, 15) is 4.79 Å². The van der Waals surface area contributed by atoms with Gasteiger partial charge in [0.2, 0.25) is 5.91 Å². The fourth-order valence-electron chi connectivity index (χ4n) is 2.37. The number of aryl methyl sites for hydroxylation is 1. The first-order valence-corrected chi connectivity index (χ1v) is 9.93. The summed E-state index contributed by atoms with van der Waals surface area (Å²) in [4.78, 5) is 19.1. The predicted molar refractivity (Wildman–Crippen MR) is 107 cm³/mol. The Kier molecular flexibility index (Phi) is 5.06. The molecular weight excluding hydrogens is 348 g/mol. The Bertz CT molecular complexity index is 887. The van der Waals surface area contributed by atoms with Gasteiger partial charge in [-0.1, -0.05) is 45.0 Å². The molecule has 0 aliphatic heterocycles. The Morgan fingerprint density at radius 1 is 1.16 bits per heavy atom. The van der Waals surface area contributed by atoms with E-state index in [2.05, 4.69) is 41.9 Å². The lowest BCUT2D eigenvalue weighted by molar-refractivity contribution is -0.128. The van der Waals surface area contributed by atoms with Gasteiger partial charge in [0, 0.05) is 21.2 Å². The van der Waals surface area contributed by atoms with Gasteiger partial charge >= 0.3 is 0 Å². The molecule has 2 heterocycles. The van der Waals surface area contributed by atoms with Crippen molar-refractivity contribution in [2.75, 3.05) is 0 Å². The number of rotatable bonds is 4. The number of benzene rings is 1. The number of hydrogen-bond donors (Lipinski definition) is 1. The quantitative estimate of drug-likeness (QED) is 0.658. The molecule has 0 saturated carbocycles. The molecule has 3 rings (SSSR count). The maximum Gasteiger partial charge on any atom is 0.225 e. The second-order valence-corrected chi connectivity index (χ2v) is 9.08. The van der Waals surface area contributed by atoms with Crippen LogP contribution in [0.3, 0.4) is 0 Å². The Morgan fingerprint density at radius 2 is 1.92 bits per heavy atom. The maximum atomic E-state index is 12.0. The molecule has 0 aliphatic rings. The smallest absolute Gasteiger partial charge is 0.225 e. The molecule has 0 atom stereocenters. The molecule has 0 saturated heterocycles. The third kappa shape index (κ3) is 4.17. The van der Waals surface area contributed by atoms with E-state index in [1.807, 2.05) is 32.9 Å². The highest BCUT2D eigenvalue weighted by Gasteiger charge is 2.20. The fraction of sp³-hybridized carbons (Fsp3) is 0.300. The van der Waals surface area contributed by atoms with Crippen molar-refractivity contribution in [3.05, 3.63) is 52.2 Å². The van der Waals surface area contributed by atoms with Crippen LogP contribution in [0, 0.1) is 12.3 Å². The van der Waals surface area contributed by atoms with Gasteiger partial charge in [-0.2, -0.15) is 0 Å². The van der Waals surface area contributed by atoms with E-state index in [0.29, 0.717) is 6.54 Å². The highest BCUT2D eigenvalue weighted by atomic mass is 32.1. The normalized spacial score (nSPS) is 11.5. The molecule has 0 spiro atoms. The fourth-order valence-corrected chi connectivity index (χ4v) is 4.26. The van der Waals surface area contributed by atoms with Gasteiger partial charge in [-0.25, -0.2) is 4.98 Å². The number of nitrogens with one attached hydrogen (secondary N) is 1. The van der Waals surface area contributed by atoms with Gasteiger partial charge in [-0.15, -0.1) is 22.7 Å². The number of amides is 1. The van der Waals surface area contributed by atoms with Crippen molar-refractivity contribution < 1.29 is 4.79 Å². The maximum absolute atomic E-state index is 12.0. The molecule has 1 N–H and O–H groups in total. The molecule has 5 heteroatoms. The first-order chi connectivity index (χ1) is 11.8. The lowest BCUT2D eigenvalue weighted by Crippen LogP contribution is -2.34. The molecule has 2 aromatic heterocycles. The summed E-state index contributed by atoms with van der Waals surface area (Å²) < 4.78 is 0. The minimum absolute atomic E-state index is 0.0675. The lowest BCUT2D eigenvalue weighted by atomic mass is 9.96. The van der Waals surface area contributed by atoms with Gasteiger partial charge in [0.1, 0.15) is 5.01 Å². The van der Waals surface area contributed by atoms with Gasteiger partial charge in [0.25, 0.3) is 0 Å². The molecule has 25 heavy (non-hydrogen) atoms. The molecule has 0 aliphatic carbocycles. The summed E-state index contributed by atoms with van der Waals surface area (Å²) >= 11 is 3.35. The van der Waals surface area contributed by atoms with Crippen LogP contribution in [0.2, 0.25) is 0 Å². The molecule has 0 radical (unpaired) electrons. The van der Waals surface area contributed by atoms with Crippen LogP contribution in [-0.2, 0) is 11.3 Å². The molecule has 3 nitrogen and oxygen atoms in total. The van der Waals surface area contributed by atoms with E-state index in [0.717, 1.165) is 20.5 Å². The molecule has 1 aromatic carbocycles. The van der Waals surface area contributed by atoms with Crippen LogP contribution >= 0.6 is 22.7 Å². The molecular formula is C20H22N2OS2. The summed E-state index contributed by atoms with van der Waals surface area (Å²) in [6.07, 6.45) is 0. The minimum Gasteiger partial charge on any atom is -0.351 e.